The van der Waals surface area contributed by atoms with Gasteiger partial charge in [-0.25, -0.2) is 0 Å². The van der Waals surface area contributed by atoms with E-state index in [0.717, 1.165) is 28.1 Å². The zero-order chi connectivity index (χ0) is 20.6. The maximum Gasteiger partial charge on any atom is 0.214 e. The molecule has 0 fully saturated rings. The third-order valence-corrected chi connectivity index (χ3v) is 5.04. The van der Waals surface area contributed by atoms with Gasteiger partial charge in [0.2, 0.25) is 12.2 Å². The van der Waals surface area contributed by atoms with E-state index in [-0.39, 0.29) is 0 Å². The fourth-order valence-electron chi connectivity index (χ4n) is 3.29. The molecule has 0 saturated heterocycles. The highest BCUT2D eigenvalue weighted by Crippen LogP contribution is 2.34. The number of aromatic nitrogens is 4. The number of aryl methyl sites for hydroxylation is 2. The molecule has 6 heteroatoms. The Morgan fingerprint density at radius 3 is 2.41 bits per heavy atom. The molecule has 0 bridgehead atoms. The highest BCUT2D eigenvalue weighted by atomic mass is 16.5. The molecule has 0 aliphatic heterocycles. The molecule has 29 heavy (non-hydrogen) atoms. The minimum absolute atomic E-state index is 0.494. The number of rotatable bonds is 5. The van der Waals surface area contributed by atoms with Gasteiger partial charge in [0.05, 0.1) is 17.8 Å². The molecule has 2 aromatic carbocycles. The van der Waals surface area contributed by atoms with Crippen molar-refractivity contribution in [3.05, 3.63) is 77.3 Å². The highest BCUT2D eigenvalue weighted by Gasteiger charge is 2.21. The zero-order valence-electron chi connectivity index (χ0n) is 17.0. The van der Waals surface area contributed by atoms with Crippen LogP contribution < -0.4 is 0 Å². The van der Waals surface area contributed by atoms with Gasteiger partial charge in [0.25, 0.3) is 0 Å². The van der Waals surface area contributed by atoms with Gasteiger partial charge >= 0.3 is 0 Å². The van der Waals surface area contributed by atoms with Gasteiger partial charge in [-0.2, -0.15) is 10.1 Å². The van der Waals surface area contributed by atoms with E-state index in [1.807, 2.05) is 35.9 Å². The zero-order valence-corrected chi connectivity index (χ0v) is 17.0. The largest absolute Gasteiger partial charge is 0.386 e. The van der Waals surface area contributed by atoms with Crippen LogP contribution in [0.1, 0.15) is 36.2 Å². The lowest BCUT2D eigenvalue weighted by Crippen LogP contribution is -2.15. The second kappa shape index (κ2) is 7.29. The summed E-state index contributed by atoms with van der Waals surface area (Å²) < 4.78 is 6.92. The molecule has 0 amide bonds. The molecular weight excluding hydrogens is 364 g/mol. The molecule has 0 aliphatic rings. The van der Waals surface area contributed by atoms with Gasteiger partial charge in [-0.1, -0.05) is 41.1 Å². The molecular formula is C23H24N4O2. The van der Waals surface area contributed by atoms with Gasteiger partial charge in [0, 0.05) is 16.8 Å². The maximum atomic E-state index is 10.5. The van der Waals surface area contributed by atoms with Crippen LogP contribution in [-0.4, -0.2) is 25.0 Å². The van der Waals surface area contributed by atoms with Gasteiger partial charge in [0.1, 0.15) is 0 Å². The molecule has 2 aromatic heterocycles. The first-order valence-corrected chi connectivity index (χ1v) is 9.55. The van der Waals surface area contributed by atoms with Crippen molar-refractivity contribution in [1.82, 2.24) is 19.9 Å². The second-order valence-electron chi connectivity index (χ2n) is 7.89. The molecule has 6 nitrogen and oxygen atoms in total. The number of nitrogens with zero attached hydrogens (tertiary/aromatic N) is 4. The van der Waals surface area contributed by atoms with E-state index in [1.54, 1.807) is 13.8 Å². The summed E-state index contributed by atoms with van der Waals surface area (Å²) in [4.78, 5) is 4.19. The van der Waals surface area contributed by atoms with Crippen LogP contribution >= 0.6 is 0 Å². The van der Waals surface area contributed by atoms with Crippen molar-refractivity contribution < 1.29 is 9.63 Å². The second-order valence-corrected chi connectivity index (χ2v) is 7.89. The van der Waals surface area contributed by atoms with Crippen molar-refractivity contribution in [3.63, 3.8) is 0 Å². The smallest absolute Gasteiger partial charge is 0.214 e. The lowest BCUT2D eigenvalue weighted by molar-refractivity contribution is 0.0786. The lowest BCUT2D eigenvalue weighted by Gasteiger charge is -2.19. The monoisotopic (exact) mass is 388 g/mol. The molecule has 0 aliphatic carbocycles. The van der Waals surface area contributed by atoms with Gasteiger partial charge in [0.15, 0.2) is 0 Å². The van der Waals surface area contributed by atoms with E-state index in [9.17, 15) is 5.11 Å². The van der Waals surface area contributed by atoms with Crippen LogP contribution in [0, 0.1) is 13.8 Å². The third kappa shape index (κ3) is 3.98. The summed E-state index contributed by atoms with van der Waals surface area (Å²) in [5, 5.41) is 19.3. The Morgan fingerprint density at radius 2 is 1.76 bits per heavy atom. The van der Waals surface area contributed by atoms with Crippen molar-refractivity contribution in [2.45, 2.75) is 39.8 Å². The quantitative estimate of drug-likeness (QED) is 0.545. The van der Waals surface area contributed by atoms with Crippen LogP contribution in [0.3, 0.4) is 0 Å². The first-order valence-electron chi connectivity index (χ1n) is 9.55. The van der Waals surface area contributed by atoms with Crippen molar-refractivity contribution >= 4 is 0 Å². The summed E-state index contributed by atoms with van der Waals surface area (Å²) in [6.07, 6.45) is 1.31. The van der Waals surface area contributed by atoms with Gasteiger partial charge in [-0.3, -0.25) is 4.68 Å². The van der Waals surface area contributed by atoms with E-state index >= 15 is 0 Å². The summed E-state index contributed by atoms with van der Waals surface area (Å²) in [6, 6.07) is 16.2. The van der Waals surface area contributed by atoms with Crippen LogP contribution in [0.15, 0.2) is 59.4 Å². The predicted molar refractivity (Wildman–Crippen MR) is 111 cm³/mol. The number of aliphatic hydroxyl groups is 1. The van der Waals surface area contributed by atoms with Crippen LogP contribution in [0.4, 0.5) is 0 Å². The summed E-state index contributed by atoms with van der Waals surface area (Å²) in [5.41, 5.74) is 5.78. The molecule has 2 heterocycles. The minimum Gasteiger partial charge on any atom is -0.386 e. The molecule has 0 atom stereocenters. The maximum absolute atomic E-state index is 10.5. The third-order valence-electron chi connectivity index (χ3n) is 5.04. The molecule has 0 radical (unpaired) electrons. The van der Waals surface area contributed by atoms with Crippen molar-refractivity contribution in [1.29, 1.82) is 0 Å². The number of benzene rings is 2. The Kier molecular flexibility index (Phi) is 4.80. The average molecular weight is 388 g/mol. The van der Waals surface area contributed by atoms with Crippen LogP contribution in [0.2, 0.25) is 0 Å². The lowest BCUT2D eigenvalue weighted by atomic mass is 9.92. The summed E-state index contributed by atoms with van der Waals surface area (Å²) in [5.74, 6) is 0.494. The van der Waals surface area contributed by atoms with Crippen molar-refractivity contribution in [2.75, 3.05) is 0 Å². The van der Waals surface area contributed by atoms with E-state index in [4.69, 9.17) is 9.62 Å². The summed E-state index contributed by atoms with van der Waals surface area (Å²) in [7, 11) is 0. The fraction of sp³-hybridized carbons (Fsp3) is 0.261. The topological polar surface area (TPSA) is 77.0 Å². The Bertz CT molecular complexity index is 1120. The van der Waals surface area contributed by atoms with Crippen LogP contribution in [0.25, 0.3) is 22.6 Å². The van der Waals surface area contributed by atoms with E-state index in [0.29, 0.717) is 12.4 Å². The first kappa shape index (κ1) is 19.1. The van der Waals surface area contributed by atoms with Crippen molar-refractivity contribution in [2.24, 2.45) is 0 Å². The Hall–Kier alpha value is -3.25. The Balaban J connectivity index is 1.78. The molecule has 4 rings (SSSR count). The van der Waals surface area contributed by atoms with Gasteiger partial charge in [-0.15, -0.1) is 0 Å². The standard InChI is InChI=1S/C23H24N4O2/c1-15-5-7-17(8-6-15)13-27-16(2)11-21(25-27)20-12-18(23(3,4)28)9-10-19(20)22-24-14-29-26-22/h5-12,14,28H,13H2,1-4H3. The highest BCUT2D eigenvalue weighted by molar-refractivity contribution is 5.79. The summed E-state index contributed by atoms with van der Waals surface area (Å²) in [6.45, 7) is 8.34. The fourth-order valence-corrected chi connectivity index (χ4v) is 3.29. The van der Waals surface area contributed by atoms with Crippen molar-refractivity contribution in [3.8, 4) is 22.6 Å². The van der Waals surface area contributed by atoms with Crippen LogP contribution in [0.5, 0.6) is 0 Å². The van der Waals surface area contributed by atoms with E-state index < -0.39 is 5.60 Å². The number of hydrogen-bond donors (Lipinski definition) is 1. The Morgan fingerprint density at radius 1 is 1.00 bits per heavy atom. The van der Waals surface area contributed by atoms with Gasteiger partial charge < -0.3 is 9.63 Å². The molecule has 0 spiro atoms. The normalized spacial score (nSPS) is 11.8. The van der Waals surface area contributed by atoms with Gasteiger partial charge in [-0.05, 0) is 57.0 Å². The molecule has 4 aromatic rings. The van der Waals surface area contributed by atoms with E-state index in [1.165, 1.54) is 17.5 Å². The molecule has 0 saturated carbocycles. The van der Waals surface area contributed by atoms with E-state index in [2.05, 4.69) is 41.3 Å². The predicted octanol–water partition coefficient (Wildman–Crippen LogP) is 4.49. The first-order chi connectivity index (χ1) is 13.8. The molecule has 148 valence electrons. The SMILES string of the molecule is Cc1ccc(Cn2nc(-c3cc(C(C)(C)O)ccc3-c3ncon3)cc2C)cc1. The number of hydrogen-bond acceptors (Lipinski definition) is 5. The van der Waals surface area contributed by atoms with Crippen LogP contribution in [-0.2, 0) is 12.1 Å². The Labute approximate surface area is 169 Å². The molecule has 1 N–H and O–H groups in total. The average Bonchev–Trinajstić information content (AvgIpc) is 3.33. The minimum atomic E-state index is -0.968. The molecule has 0 unspecified atom stereocenters. The summed E-state index contributed by atoms with van der Waals surface area (Å²) >= 11 is 0.